The minimum atomic E-state index is -1.07. The number of halogens is 1. The summed E-state index contributed by atoms with van der Waals surface area (Å²) in [6.07, 6.45) is 2.37. The van der Waals surface area contributed by atoms with Crippen LogP contribution in [-0.2, 0) is 35.1 Å². The summed E-state index contributed by atoms with van der Waals surface area (Å²) >= 11 is 6.29. The molecule has 1 saturated heterocycles. The van der Waals surface area contributed by atoms with Crippen LogP contribution in [0, 0.1) is 11.3 Å². The lowest BCUT2D eigenvalue weighted by Crippen LogP contribution is -2.53. The highest BCUT2D eigenvalue weighted by Gasteiger charge is 2.47. The van der Waals surface area contributed by atoms with Gasteiger partial charge in [0, 0.05) is 25.3 Å². The minimum absolute atomic E-state index is 0.0371. The highest BCUT2D eigenvalue weighted by atomic mass is 35.5. The molecule has 2 aromatic rings. The molecule has 0 unspecified atom stereocenters. The molecule has 3 N–H and O–H groups in total. The second kappa shape index (κ2) is 14.3. The number of carbonyl (C=O) groups is 4. The SMILES string of the molecule is COc1ccc(C[C@H]2NC(=O)/C=C/C[C@@H]([C@H](C)[C@H]3O[C@@H]3c3ccccc3)OC(=O)[C@H](C)NC(=O)C(C)(C)CNC2=O)cc1Cl. The maximum Gasteiger partial charge on any atom is 0.328 e. The molecule has 10 nitrogen and oxygen atoms in total. The van der Waals surface area contributed by atoms with Gasteiger partial charge < -0.3 is 30.2 Å². The van der Waals surface area contributed by atoms with Crippen LogP contribution >= 0.6 is 11.6 Å². The van der Waals surface area contributed by atoms with Crippen molar-refractivity contribution in [3.05, 3.63) is 76.8 Å². The van der Waals surface area contributed by atoms with Gasteiger partial charge in [-0.1, -0.05) is 61.0 Å². The number of hydrogen-bond donors (Lipinski definition) is 3. The molecule has 11 heteroatoms. The van der Waals surface area contributed by atoms with Crippen molar-refractivity contribution >= 4 is 35.3 Å². The van der Waals surface area contributed by atoms with Crippen LogP contribution < -0.4 is 20.7 Å². The fourth-order valence-electron chi connectivity index (χ4n) is 5.04. The summed E-state index contributed by atoms with van der Waals surface area (Å²) < 4.78 is 17.1. The number of ether oxygens (including phenoxy) is 3. The van der Waals surface area contributed by atoms with Crippen LogP contribution in [0.25, 0.3) is 0 Å². The number of nitrogens with one attached hydrogen (secondary N) is 3. The van der Waals surface area contributed by atoms with Gasteiger partial charge in [0.15, 0.2) is 0 Å². The Balaban J connectivity index is 1.56. The van der Waals surface area contributed by atoms with Crippen LogP contribution in [0.2, 0.25) is 5.02 Å². The zero-order chi connectivity index (χ0) is 32.0. The average Bonchev–Trinajstić information content (AvgIpc) is 3.80. The topological polar surface area (TPSA) is 135 Å². The van der Waals surface area contributed by atoms with E-state index in [9.17, 15) is 19.2 Å². The zero-order valence-corrected chi connectivity index (χ0v) is 26.4. The van der Waals surface area contributed by atoms with Gasteiger partial charge in [0.25, 0.3) is 0 Å². The van der Waals surface area contributed by atoms with Crippen molar-refractivity contribution < 1.29 is 33.4 Å². The summed E-state index contributed by atoms with van der Waals surface area (Å²) in [5.74, 6) is -1.73. The first kappa shape index (κ1) is 33.0. The highest BCUT2D eigenvalue weighted by Crippen LogP contribution is 2.45. The predicted octanol–water partition coefficient (Wildman–Crippen LogP) is 3.67. The second-order valence-electron chi connectivity index (χ2n) is 11.9. The number of hydrogen-bond acceptors (Lipinski definition) is 7. The Bertz CT molecular complexity index is 1400. The van der Waals surface area contributed by atoms with E-state index in [1.54, 1.807) is 45.0 Å². The van der Waals surface area contributed by atoms with Gasteiger partial charge in [0.1, 0.15) is 30.0 Å². The quantitative estimate of drug-likeness (QED) is 0.329. The first-order valence-electron chi connectivity index (χ1n) is 14.7. The average molecular weight is 626 g/mol. The summed E-state index contributed by atoms with van der Waals surface area (Å²) in [7, 11) is 1.51. The number of rotatable bonds is 6. The Kier molecular flexibility index (Phi) is 10.7. The number of carbonyl (C=O) groups excluding carboxylic acids is 4. The standard InChI is InChI=1S/C33H40ClN3O7/c1-19(28-29(44-28)22-10-7-6-8-11-22)25-12-9-13-27(38)37-24(17-21-14-15-26(42-5)23(34)16-21)30(39)35-18-33(3,4)32(41)36-20(2)31(40)43-25/h6-11,13-16,19-20,24-25,28-29H,12,17-18H2,1-5H3,(H,35,39)(H,36,41)(H,37,38)/b13-9+/t19-,20-,24+,25-,28+,29+/m0/s1. The first-order chi connectivity index (χ1) is 20.9. The first-order valence-corrected chi connectivity index (χ1v) is 15.1. The monoisotopic (exact) mass is 625 g/mol. The summed E-state index contributed by atoms with van der Waals surface area (Å²) in [4.78, 5) is 52.6. The second-order valence-corrected chi connectivity index (χ2v) is 12.3. The molecule has 0 aliphatic carbocycles. The summed E-state index contributed by atoms with van der Waals surface area (Å²) in [6, 6.07) is 13.0. The van der Waals surface area contributed by atoms with Gasteiger partial charge in [-0.3, -0.25) is 14.4 Å². The van der Waals surface area contributed by atoms with Crippen molar-refractivity contribution in [1.82, 2.24) is 16.0 Å². The van der Waals surface area contributed by atoms with Gasteiger partial charge in [-0.2, -0.15) is 0 Å². The molecule has 2 heterocycles. The van der Waals surface area contributed by atoms with Crippen LogP contribution in [0.5, 0.6) is 5.75 Å². The van der Waals surface area contributed by atoms with Gasteiger partial charge >= 0.3 is 5.97 Å². The zero-order valence-electron chi connectivity index (χ0n) is 25.6. The number of cyclic esters (lactones) is 1. The van der Waals surface area contributed by atoms with Crippen molar-refractivity contribution in [3.63, 3.8) is 0 Å². The number of esters is 1. The molecular formula is C33H40ClN3O7. The van der Waals surface area contributed by atoms with E-state index in [-0.39, 0.29) is 37.5 Å². The summed E-state index contributed by atoms with van der Waals surface area (Å²) in [6.45, 7) is 6.76. The summed E-state index contributed by atoms with van der Waals surface area (Å²) in [5, 5.41) is 8.63. The van der Waals surface area contributed by atoms with Crippen LogP contribution in [-0.4, -0.2) is 61.6 Å². The van der Waals surface area contributed by atoms with E-state index in [0.29, 0.717) is 16.3 Å². The number of epoxide rings is 1. The van der Waals surface area contributed by atoms with Gasteiger partial charge in [-0.15, -0.1) is 0 Å². The molecule has 3 amide bonds. The van der Waals surface area contributed by atoms with Crippen LogP contribution in [0.3, 0.4) is 0 Å². The molecule has 236 valence electrons. The molecule has 0 saturated carbocycles. The molecule has 2 aliphatic heterocycles. The molecule has 0 aromatic heterocycles. The molecule has 0 radical (unpaired) electrons. The van der Waals surface area contributed by atoms with Crippen molar-refractivity contribution in [1.29, 1.82) is 0 Å². The number of methoxy groups -OCH3 is 1. The maximum absolute atomic E-state index is 13.3. The lowest BCUT2D eigenvalue weighted by molar-refractivity contribution is -0.155. The van der Waals surface area contributed by atoms with Crippen molar-refractivity contribution in [3.8, 4) is 5.75 Å². The third kappa shape index (κ3) is 8.39. The molecule has 2 aliphatic rings. The van der Waals surface area contributed by atoms with Gasteiger partial charge in [0.05, 0.1) is 23.7 Å². The Morgan fingerprint density at radius 3 is 2.48 bits per heavy atom. The van der Waals surface area contributed by atoms with E-state index in [0.717, 1.165) is 5.56 Å². The Labute approximate surface area is 262 Å². The fourth-order valence-corrected chi connectivity index (χ4v) is 5.32. The summed E-state index contributed by atoms with van der Waals surface area (Å²) in [5.41, 5.74) is 0.666. The third-order valence-corrected chi connectivity index (χ3v) is 8.27. The molecule has 0 spiro atoms. The van der Waals surface area contributed by atoms with E-state index in [1.807, 2.05) is 37.3 Å². The normalized spacial score (nSPS) is 27.6. The van der Waals surface area contributed by atoms with E-state index in [1.165, 1.54) is 13.2 Å². The van der Waals surface area contributed by atoms with Gasteiger partial charge in [-0.25, -0.2) is 4.79 Å². The van der Waals surface area contributed by atoms with E-state index < -0.39 is 47.3 Å². The van der Waals surface area contributed by atoms with Gasteiger partial charge in [0.2, 0.25) is 17.7 Å². The lowest BCUT2D eigenvalue weighted by Gasteiger charge is -2.28. The Hall–Kier alpha value is -3.89. The smallest absolute Gasteiger partial charge is 0.328 e. The Morgan fingerprint density at radius 1 is 1.07 bits per heavy atom. The van der Waals surface area contributed by atoms with E-state index >= 15 is 0 Å². The largest absolute Gasteiger partial charge is 0.495 e. The minimum Gasteiger partial charge on any atom is -0.495 e. The number of amides is 3. The molecule has 2 aromatic carbocycles. The van der Waals surface area contributed by atoms with Crippen molar-refractivity contribution in [2.75, 3.05) is 13.7 Å². The molecular weight excluding hydrogens is 586 g/mol. The highest BCUT2D eigenvalue weighted by molar-refractivity contribution is 6.32. The van der Waals surface area contributed by atoms with Crippen molar-refractivity contribution in [2.24, 2.45) is 11.3 Å². The molecule has 44 heavy (non-hydrogen) atoms. The lowest BCUT2D eigenvalue weighted by atomic mass is 9.91. The maximum atomic E-state index is 13.3. The number of benzene rings is 2. The van der Waals surface area contributed by atoms with Crippen LogP contribution in [0.15, 0.2) is 60.7 Å². The third-order valence-electron chi connectivity index (χ3n) is 7.97. The molecule has 4 rings (SSSR count). The molecule has 6 atom stereocenters. The van der Waals surface area contributed by atoms with E-state index in [4.69, 9.17) is 25.8 Å². The predicted molar refractivity (Wildman–Crippen MR) is 165 cm³/mol. The fraction of sp³-hybridized carbons (Fsp3) is 0.455. The van der Waals surface area contributed by atoms with Gasteiger partial charge in [-0.05, 0) is 50.1 Å². The van der Waals surface area contributed by atoms with Crippen molar-refractivity contribution in [2.45, 2.75) is 70.9 Å². The van der Waals surface area contributed by atoms with Crippen LogP contribution in [0.4, 0.5) is 0 Å². The Morgan fingerprint density at radius 2 is 1.80 bits per heavy atom. The molecule has 0 bridgehead atoms. The molecule has 1 fully saturated rings. The van der Waals surface area contributed by atoms with Crippen LogP contribution in [0.1, 0.15) is 51.3 Å². The van der Waals surface area contributed by atoms with E-state index in [2.05, 4.69) is 16.0 Å².